The van der Waals surface area contributed by atoms with Crippen LogP contribution in [0.2, 0.25) is 0 Å². The highest BCUT2D eigenvalue weighted by molar-refractivity contribution is 5.90. The van der Waals surface area contributed by atoms with E-state index < -0.39 is 66.2 Å². The van der Waals surface area contributed by atoms with Gasteiger partial charge in [0.2, 0.25) is 0 Å². The van der Waals surface area contributed by atoms with E-state index in [9.17, 15) is 35.1 Å². The molecule has 0 spiro atoms. The van der Waals surface area contributed by atoms with Crippen molar-refractivity contribution in [3.8, 4) is 0 Å². The molecule has 4 aliphatic rings. The van der Waals surface area contributed by atoms with Gasteiger partial charge in [0.05, 0.1) is 17.1 Å². The predicted octanol–water partition coefficient (Wildman–Crippen LogP) is -1.95. The summed E-state index contributed by atoms with van der Waals surface area (Å²) in [5.41, 5.74) is -2.65. The molecule has 2 aliphatic carbocycles. The molecule has 4 fully saturated rings. The number of aliphatic hydroxyl groups is 5. The number of esters is 1. The SMILES string of the molecule is O=C(OCC12C3CC(=O)C1CC2(O)C(OC1OC(O)C(O)C(O)C1O)O3)c1ccccc1. The molecule has 5 rings (SSSR count). The topological polar surface area (TPSA) is 172 Å². The zero-order valence-corrected chi connectivity index (χ0v) is 16.8. The van der Waals surface area contributed by atoms with E-state index in [0.29, 0.717) is 5.56 Å². The van der Waals surface area contributed by atoms with E-state index in [-0.39, 0.29) is 25.2 Å². The lowest BCUT2D eigenvalue weighted by atomic mass is 9.51. The van der Waals surface area contributed by atoms with Crippen molar-refractivity contribution in [3.05, 3.63) is 35.9 Å². The molecule has 5 N–H and O–H groups in total. The van der Waals surface area contributed by atoms with Gasteiger partial charge in [-0.3, -0.25) is 4.79 Å². The van der Waals surface area contributed by atoms with E-state index in [4.69, 9.17) is 18.9 Å². The molecule has 10 unspecified atom stereocenters. The lowest BCUT2D eigenvalue weighted by molar-refractivity contribution is -0.381. The van der Waals surface area contributed by atoms with Gasteiger partial charge in [0.15, 0.2) is 18.9 Å². The van der Waals surface area contributed by atoms with E-state index in [0.717, 1.165) is 0 Å². The van der Waals surface area contributed by atoms with Crippen molar-refractivity contribution in [2.24, 2.45) is 11.3 Å². The van der Waals surface area contributed by atoms with Crippen LogP contribution in [0.5, 0.6) is 0 Å². The number of carbonyl (C=O) groups is 2. The molecule has 1 aromatic carbocycles. The fourth-order valence-electron chi connectivity index (χ4n) is 5.38. The maximum atomic E-state index is 12.4. The average molecular weight is 452 g/mol. The molecule has 11 nitrogen and oxygen atoms in total. The van der Waals surface area contributed by atoms with Gasteiger partial charge < -0.3 is 44.5 Å². The van der Waals surface area contributed by atoms with Crippen LogP contribution in [0.15, 0.2) is 30.3 Å². The third-order valence-electron chi connectivity index (χ3n) is 7.22. The van der Waals surface area contributed by atoms with E-state index in [1.807, 2.05) is 0 Å². The summed E-state index contributed by atoms with van der Waals surface area (Å²) < 4.78 is 21.8. The van der Waals surface area contributed by atoms with Crippen LogP contribution in [0, 0.1) is 11.3 Å². The maximum absolute atomic E-state index is 12.4. The number of Topliss-reactive ketones (excluding diaryl/α,β-unsaturated/α-hetero) is 1. The molecule has 2 heterocycles. The summed E-state index contributed by atoms with van der Waals surface area (Å²) in [7, 11) is 0. The summed E-state index contributed by atoms with van der Waals surface area (Å²) in [4.78, 5) is 24.9. The van der Waals surface area contributed by atoms with Crippen LogP contribution < -0.4 is 0 Å². The van der Waals surface area contributed by atoms with Crippen LogP contribution in [-0.4, -0.2) is 92.8 Å². The lowest BCUT2D eigenvalue weighted by Crippen LogP contribution is -2.69. The summed E-state index contributed by atoms with van der Waals surface area (Å²) in [6.07, 6.45) is -10.9. The number of ether oxygens (including phenoxy) is 4. The molecule has 0 aromatic heterocycles. The van der Waals surface area contributed by atoms with E-state index in [2.05, 4.69) is 0 Å². The fourth-order valence-corrected chi connectivity index (χ4v) is 5.38. The van der Waals surface area contributed by atoms with Gasteiger partial charge in [-0.1, -0.05) is 18.2 Å². The minimum absolute atomic E-state index is 0.00618. The predicted molar refractivity (Wildman–Crippen MR) is 100 cm³/mol. The molecule has 2 saturated heterocycles. The van der Waals surface area contributed by atoms with Gasteiger partial charge in [0.1, 0.15) is 36.3 Å². The molecular weight excluding hydrogens is 428 g/mol. The van der Waals surface area contributed by atoms with Crippen LogP contribution in [0.4, 0.5) is 0 Å². The highest BCUT2D eigenvalue weighted by atomic mass is 16.8. The highest BCUT2D eigenvalue weighted by Gasteiger charge is 2.82. The molecule has 0 amide bonds. The summed E-state index contributed by atoms with van der Waals surface area (Å²) >= 11 is 0. The van der Waals surface area contributed by atoms with Crippen molar-refractivity contribution < 1.29 is 54.1 Å². The van der Waals surface area contributed by atoms with E-state index in [1.54, 1.807) is 30.3 Å². The van der Waals surface area contributed by atoms with Gasteiger partial charge >= 0.3 is 5.97 Å². The number of rotatable bonds is 5. The number of ketones is 1. The third kappa shape index (κ3) is 2.90. The molecule has 174 valence electrons. The minimum atomic E-state index is -1.83. The maximum Gasteiger partial charge on any atom is 0.338 e. The lowest BCUT2D eigenvalue weighted by Gasteiger charge is -2.55. The molecule has 11 heteroatoms. The van der Waals surface area contributed by atoms with Gasteiger partial charge in [-0.25, -0.2) is 4.79 Å². The number of aliphatic hydroxyl groups excluding tert-OH is 4. The number of carbonyl (C=O) groups excluding carboxylic acids is 2. The Kier molecular flexibility index (Phi) is 5.15. The normalized spacial score (nSPS) is 47.1. The number of hydrogen-bond acceptors (Lipinski definition) is 11. The quantitative estimate of drug-likeness (QED) is 0.314. The first-order valence-corrected chi connectivity index (χ1v) is 10.3. The zero-order valence-electron chi connectivity index (χ0n) is 16.8. The van der Waals surface area contributed by atoms with Crippen molar-refractivity contribution in [1.29, 1.82) is 0 Å². The summed E-state index contributed by atoms with van der Waals surface area (Å²) in [6, 6.07) is 8.27. The van der Waals surface area contributed by atoms with Crippen molar-refractivity contribution in [3.63, 3.8) is 0 Å². The second-order valence-electron chi connectivity index (χ2n) is 8.79. The Bertz CT molecular complexity index is 908. The first kappa shape index (κ1) is 21.9. The van der Waals surface area contributed by atoms with Crippen LogP contribution in [0.25, 0.3) is 0 Å². The summed E-state index contributed by atoms with van der Waals surface area (Å²) in [6.45, 7) is -0.282. The van der Waals surface area contributed by atoms with E-state index in [1.165, 1.54) is 0 Å². The van der Waals surface area contributed by atoms with Gasteiger partial charge in [-0.2, -0.15) is 0 Å². The molecule has 10 atom stereocenters. The Morgan fingerprint density at radius 1 is 1.06 bits per heavy atom. The van der Waals surface area contributed by atoms with Gasteiger partial charge in [-0.05, 0) is 18.6 Å². The molecule has 1 aromatic rings. The van der Waals surface area contributed by atoms with Crippen LogP contribution >= 0.6 is 0 Å². The van der Waals surface area contributed by atoms with Crippen molar-refractivity contribution in [1.82, 2.24) is 0 Å². The summed E-state index contributed by atoms with van der Waals surface area (Å²) in [5.74, 6) is -1.32. The minimum Gasteiger partial charge on any atom is -0.461 e. The van der Waals surface area contributed by atoms with Crippen LogP contribution in [0.1, 0.15) is 23.2 Å². The van der Waals surface area contributed by atoms with Crippen molar-refractivity contribution in [2.45, 2.75) is 61.7 Å². The molecule has 2 saturated carbocycles. The second-order valence-corrected chi connectivity index (χ2v) is 8.79. The van der Waals surface area contributed by atoms with Gasteiger partial charge in [-0.15, -0.1) is 0 Å². The Morgan fingerprint density at radius 3 is 2.50 bits per heavy atom. The van der Waals surface area contributed by atoms with Crippen molar-refractivity contribution in [2.75, 3.05) is 6.61 Å². The largest absolute Gasteiger partial charge is 0.461 e. The Hall–Kier alpha value is -1.96. The Labute approximate surface area is 182 Å². The molecule has 0 bridgehead atoms. The number of hydrogen-bond donors (Lipinski definition) is 5. The monoisotopic (exact) mass is 452 g/mol. The average Bonchev–Trinajstić information content (AvgIpc) is 3.09. The standard InChI is InChI=1S/C21H24O11/c22-11-6-12-20(8-29-16(26)9-4-2-1-3-5-9)10(11)7-21(20,28)19(30-12)32-18-15(25)13(23)14(24)17(27)31-18/h1-5,10,12-15,17-19,23-25,27-28H,6-8H2. The van der Waals surface area contributed by atoms with Gasteiger partial charge in [0.25, 0.3) is 0 Å². The first-order valence-electron chi connectivity index (χ1n) is 10.3. The zero-order chi connectivity index (χ0) is 22.8. The molecule has 32 heavy (non-hydrogen) atoms. The smallest absolute Gasteiger partial charge is 0.338 e. The van der Waals surface area contributed by atoms with Gasteiger partial charge in [0, 0.05) is 12.3 Å². The Balaban J connectivity index is 1.35. The van der Waals surface area contributed by atoms with E-state index >= 15 is 0 Å². The van der Waals surface area contributed by atoms with Crippen LogP contribution in [-0.2, 0) is 23.7 Å². The van der Waals surface area contributed by atoms with Crippen LogP contribution in [0.3, 0.4) is 0 Å². The molecular formula is C21H24O11. The number of benzene rings is 1. The fraction of sp³-hybridized carbons (Fsp3) is 0.619. The highest BCUT2D eigenvalue weighted by Crippen LogP contribution is 2.69. The third-order valence-corrected chi connectivity index (χ3v) is 7.22. The molecule has 0 radical (unpaired) electrons. The second kappa shape index (κ2) is 7.54. The van der Waals surface area contributed by atoms with Crippen molar-refractivity contribution >= 4 is 11.8 Å². The Morgan fingerprint density at radius 2 is 1.78 bits per heavy atom. The molecule has 2 aliphatic heterocycles. The first-order chi connectivity index (χ1) is 15.2. The summed E-state index contributed by atoms with van der Waals surface area (Å²) in [5, 5.41) is 50.8.